The molecule has 0 radical (unpaired) electrons. The lowest BCUT2D eigenvalue weighted by Crippen LogP contribution is -1.86. The van der Waals surface area contributed by atoms with Crippen LogP contribution in [0.25, 0.3) is 0 Å². The van der Waals surface area contributed by atoms with Gasteiger partial charge in [0.25, 0.3) is 0 Å². The first-order valence-corrected chi connectivity index (χ1v) is 4.22. The molecule has 1 nitrogen and oxygen atoms in total. The van der Waals surface area contributed by atoms with Crippen molar-refractivity contribution in [3.05, 3.63) is 12.3 Å². The highest BCUT2D eigenvalue weighted by Gasteiger charge is 1.73. The minimum absolute atomic E-state index is 0.176. The van der Waals surface area contributed by atoms with Crippen LogP contribution in [-0.2, 0) is 4.43 Å². The van der Waals surface area contributed by atoms with Crippen molar-refractivity contribution in [2.75, 3.05) is 0 Å². The molecule has 0 unspecified atom stereocenters. The van der Waals surface area contributed by atoms with Gasteiger partial charge in [-0.1, -0.05) is 13.0 Å². The zero-order valence-corrected chi connectivity index (χ0v) is 6.39. The van der Waals surface area contributed by atoms with Gasteiger partial charge in [0.2, 0.25) is 9.76 Å². The van der Waals surface area contributed by atoms with Crippen molar-refractivity contribution in [1.29, 1.82) is 0 Å². The summed E-state index contributed by atoms with van der Waals surface area (Å²) in [6.45, 7) is 4.11. The molecule has 0 amide bonds. The van der Waals surface area contributed by atoms with Crippen LogP contribution in [0.4, 0.5) is 0 Å². The maximum absolute atomic E-state index is 5.09. The van der Waals surface area contributed by atoms with Crippen molar-refractivity contribution in [2.24, 2.45) is 0 Å². The van der Waals surface area contributed by atoms with Crippen LogP contribution in [0.1, 0.15) is 13.8 Å². The molecule has 0 atom stereocenters. The Balaban J connectivity index is 2.69. The molecule has 2 heteroatoms. The molecular weight excluding hydrogens is 104 g/mol. The van der Waals surface area contributed by atoms with E-state index in [1.807, 2.05) is 13.0 Å². The summed E-state index contributed by atoms with van der Waals surface area (Å²) < 4.78 is 5.09. The first-order valence-electron chi connectivity index (χ1n) is 2.64. The molecule has 7 heavy (non-hydrogen) atoms. The number of allylic oxidation sites excluding steroid dienone is 1. The Bertz CT molecular complexity index is 52.0. The zero-order valence-electron chi connectivity index (χ0n) is 4.98. The van der Waals surface area contributed by atoms with Crippen LogP contribution in [0.5, 0.6) is 0 Å². The van der Waals surface area contributed by atoms with Gasteiger partial charge in [-0.2, -0.15) is 0 Å². The molecule has 0 rings (SSSR count). The second-order valence-corrected chi connectivity index (χ2v) is 3.08. The van der Waals surface area contributed by atoms with E-state index in [-0.39, 0.29) is 9.76 Å². The third-order valence-electron chi connectivity index (χ3n) is 0.554. The van der Waals surface area contributed by atoms with Gasteiger partial charge in [0.1, 0.15) is 0 Å². The normalized spacial score (nSPS) is 11.7. The Morgan fingerprint density at radius 1 is 1.71 bits per heavy atom. The Morgan fingerprint density at radius 3 is 2.86 bits per heavy atom. The number of hydrogen-bond acceptors (Lipinski definition) is 1. The van der Waals surface area contributed by atoms with Crippen LogP contribution in [0, 0.1) is 0 Å². The van der Waals surface area contributed by atoms with Crippen molar-refractivity contribution in [2.45, 2.75) is 19.9 Å². The summed E-state index contributed by atoms with van der Waals surface area (Å²) in [5.41, 5.74) is 0. The summed E-state index contributed by atoms with van der Waals surface area (Å²) in [6.07, 6.45) is 3.69. The van der Waals surface area contributed by atoms with E-state index < -0.39 is 0 Å². The maximum Gasteiger partial charge on any atom is 0.218 e. The van der Waals surface area contributed by atoms with E-state index in [9.17, 15) is 0 Å². The molecule has 0 aromatic rings. The van der Waals surface area contributed by atoms with Crippen molar-refractivity contribution in [1.82, 2.24) is 0 Å². The molecule has 0 spiro atoms. The van der Waals surface area contributed by atoms with E-state index in [1.54, 1.807) is 6.26 Å². The van der Waals surface area contributed by atoms with Gasteiger partial charge in [0, 0.05) is 0 Å². The highest BCUT2D eigenvalue weighted by molar-refractivity contribution is 6.27. The van der Waals surface area contributed by atoms with Crippen LogP contribution >= 0.6 is 0 Å². The third-order valence-corrected chi connectivity index (χ3v) is 1.39. The van der Waals surface area contributed by atoms with Crippen LogP contribution in [0.3, 0.4) is 0 Å². The Morgan fingerprint density at radius 2 is 2.43 bits per heavy atom. The fraction of sp³-hybridized carbons (Fsp3) is 0.600. The maximum atomic E-state index is 5.09. The lowest BCUT2D eigenvalue weighted by molar-refractivity contribution is 0.513. The predicted octanol–water partition coefficient (Wildman–Crippen LogP) is 1.06. The van der Waals surface area contributed by atoms with Gasteiger partial charge in [-0.3, -0.25) is 0 Å². The Hall–Kier alpha value is -0.243. The van der Waals surface area contributed by atoms with Gasteiger partial charge in [0.05, 0.1) is 6.26 Å². The van der Waals surface area contributed by atoms with E-state index in [0.29, 0.717) is 0 Å². The summed E-state index contributed by atoms with van der Waals surface area (Å²) in [7, 11) is -0.176. The molecule has 0 fully saturated rings. The fourth-order valence-electron chi connectivity index (χ4n) is 0.282. The van der Waals surface area contributed by atoms with Gasteiger partial charge >= 0.3 is 0 Å². The summed E-state index contributed by atoms with van der Waals surface area (Å²) in [6, 6.07) is 1.23. The monoisotopic (exact) mass is 116 g/mol. The van der Waals surface area contributed by atoms with Crippen LogP contribution in [0.15, 0.2) is 12.3 Å². The number of rotatable bonds is 3. The van der Waals surface area contributed by atoms with E-state index >= 15 is 0 Å². The van der Waals surface area contributed by atoms with Gasteiger partial charge in [-0.25, -0.2) is 0 Å². The SMILES string of the molecule is C/C=C\O[SiH2]CC. The minimum atomic E-state index is -0.176. The summed E-state index contributed by atoms with van der Waals surface area (Å²) >= 11 is 0. The first-order chi connectivity index (χ1) is 3.41. The second kappa shape index (κ2) is 5.76. The molecule has 42 valence electrons. The molecular formula is C5H12OSi. The molecule has 0 aromatic heterocycles. The molecule has 0 saturated carbocycles. The molecule has 0 N–H and O–H groups in total. The smallest absolute Gasteiger partial charge is 0.218 e. The number of hydrogen-bond donors (Lipinski definition) is 0. The van der Waals surface area contributed by atoms with Crippen molar-refractivity contribution < 1.29 is 4.43 Å². The van der Waals surface area contributed by atoms with Gasteiger partial charge in [-0.05, 0) is 13.0 Å². The highest BCUT2D eigenvalue weighted by Crippen LogP contribution is 1.77. The predicted molar refractivity (Wildman–Crippen MR) is 34.9 cm³/mol. The van der Waals surface area contributed by atoms with E-state index in [1.165, 1.54) is 6.04 Å². The average molecular weight is 116 g/mol. The summed E-state index contributed by atoms with van der Waals surface area (Å²) in [4.78, 5) is 0. The minimum Gasteiger partial charge on any atom is -0.555 e. The van der Waals surface area contributed by atoms with Gasteiger partial charge < -0.3 is 4.43 Å². The molecule has 0 aromatic carbocycles. The van der Waals surface area contributed by atoms with Gasteiger partial charge in [-0.15, -0.1) is 0 Å². The van der Waals surface area contributed by atoms with Crippen LogP contribution < -0.4 is 0 Å². The average Bonchev–Trinajstić information content (AvgIpc) is 1.69. The lowest BCUT2D eigenvalue weighted by atomic mass is 10.8. The Labute approximate surface area is 47.3 Å². The molecule has 0 heterocycles. The third kappa shape index (κ3) is 5.76. The molecule has 0 saturated heterocycles. The molecule has 0 aliphatic heterocycles. The molecule has 0 aliphatic rings. The van der Waals surface area contributed by atoms with Crippen LogP contribution in [0.2, 0.25) is 6.04 Å². The standard InChI is InChI=1S/C5H12OSi/c1-3-5-6-7-4-2/h3,5H,4,7H2,1-2H3/b5-3-. The van der Waals surface area contributed by atoms with E-state index in [4.69, 9.17) is 4.43 Å². The summed E-state index contributed by atoms with van der Waals surface area (Å²) in [5, 5.41) is 0. The van der Waals surface area contributed by atoms with E-state index in [2.05, 4.69) is 6.92 Å². The largest absolute Gasteiger partial charge is 0.555 e. The van der Waals surface area contributed by atoms with Crippen molar-refractivity contribution in [3.63, 3.8) is 0 Å². The summed E-state index contributed by atoms with van der Waals surface area (Å²) in [5.74, 6) is 0. The topological polar surface area (TPSA) is 9.23 Å². The fourth-order valence-corrected chi connectivity index (χ4v) is 0.846. The molecule has 0 aliphatic carbocycles. The Kier molecular flexibility index (Phi) is 5.56. The molecule has 0 bridgehead atoms. The lowest BCUT2D eigenvalue weighted by Gasteiger charge is -1.91. The zero-order chi connectivity index (χ0) is 5.54. The van der Waals surface area contributed by atoms with Crippen molar-refractivity contribution >= 4 is 9.76 Å². The first kappa shape index (κ1) is 6.76. The highest BCUT2D eigenvalue weighted by atomic mass is 28.2. The van der Waals surface area contributed by atoms with E-state index in [0.717, 1.165) is 0 Å². The van der Waals surface area contributed by atoms with Crippen LogP contribution in [-0.4, -0.2) is 9.76 Å². The quantitative estimate of drug-likeness (QED) is 0.304. The van der Waals surface area contributed by atoms with Crippen molar-refractivity contribution in [3.8, 4) is 0 Å². The second-order valence-electron chi connectivity index (χ2n) is 1.34. The van der Waals surface area contributed by atoms with Gasteiger partial charge in [0.15, 0.2) is 0 Å².